The zero-order chi connectivity index (χ0) is 13.8. The number of alkyl halides is 1. The van der Waals surface area contributed by atoms with E-state index in [1.165, 1.54) is 24.1 Å². The fraction of sp³-hybridized carbons (Fsp3) is 0.800. The molecular formula is C15H25ClN2O. The van der Waals surface area contributed by atoms with Crippen molar-refractivity contribution in [2.75, 3.05) is 6.61 Å². The summed E-state index contributed by atoms with van der Waals surface area (Å²) in [5.41, 5.74) is 3.67. The van der Waals surface area contributed by atoms with E-state index in [9.17, 15) is 0 Å². The Morgan fingerprint density at radius 1 is 1.37 bits per heavy atom. The van der Waals surface area contributed by atoms with Crippen LogP contribution in [-0.2, 0) is 24.1 Å². The lowest BCUT2D eigenvalue weighted by Gasteiger charge is -2.23. The first-order chi connectivity index (χ1) is 9.17. The highest BCUT2D eigenvalue weighted by atomic mass is 35.5. The molecule has 3 nitrogen and oxygen atoms in total. The van der Waals surface area contributed by atoms with Gasteiger partial charge in [-0.15, -0.1) is 11.6 Å². The summed E-state index contributed by atoms with van der Waals surface area (Å²) in [6, 6.07) is 0. The number of aromatic nitrogens is 2. The minimum atomic E-state index is 0.0333. The van der Waals surface area contributed by atoms with Crippen molar-refractivity contribution in [2.45, 2.75) is 70.9 Å². The van der Waals surface area contributed by atoms with Crippen molar-refractivity contribution in [3.05, 3.63) is 17.0 Å². The van der Waals surface area contributed by atoms with Crippen molar-refractivity contribution in [2.24, 2.45) is 0 Å². The lowest BCUT2D eigenvalue weighted by atomic mass is 10.1. The molecule has 4 heteroatoms. The third-order valence-corrected chi connectivity index (χ3v) is 4.11. The van der Waals surface area contributed by atoms with Crippen LogP contribution in [0.1, 0.15) is 62.4 Å². The van der Waals surface area contributed by atoms with Gasteiger partial charge in [-0.1, -0.05) is 13.8 Å². The van der Waals surface area contributed by atoms with Gasteiger partial charge in [0.05, 0.1) is 23.7 Å². The van der Waals surface area contributed by atoms with Crippen LogP contribution in [0.4, 0.5) is 0 Å². The molecule has 2 unspecified atom stereocenters. The minimum Gasteiger partial charge on any atom is -0.376 e. The first-order valence-electron chi connectivity index (χ1n) is 7.51. The first kappa shape index (κ1) is 14.9. The van der Waals surface area contributed by atoms with Gasteiger partial charge in [-0.25, -0.2) is 0 Å². The molecule has 1 aromatic rings. The maximum atomic E-state index is 6.34. The highest BCUT2D eigenvalue weighted by Crippen LogP contribution is 2.28. The molecule has 2 heterocycles. The normalized spacial score (nSPS) is 21.6. The topological polar surface area (TPSA) is 27.1 Å². The molecule has 1 aromatic heterocycles. The van der Waals surface area contributed by atoms with E-state index in [1.54, 1.807) is 0 Å². The summed E-state index contributed by atoms with van der Waals surface area (Å²) in [4.78, 5) is 0. The Hall–Kier alpha value is -0.540. The van der Waals surface area contributed by atoms with Crippen LogP contribution in [0.5, 0.6) is 0 Å². The van der Waals surface area contributed by atoms with Crippen molar-refractivity contribution in [1.82, 2.24) is 9.78 Å². The number of rotatable bonds is 5. The molecule has 0 radical (unpaired) electrons. The van der Waals surface area contributed by atoms with E-state index in [4.69, 9.17) is 21.4 Å². The summed E-state index contributed by atoms with van der Waals surface area (Å²) >= 11 is 6.34. The highest BCUT2D eigenvalue weighted by Gasteiger charge is 2.22. The molecule has 0 bridgehead atoms. The maximum absolute atomic E-state index is 6.34. The molecule has 0 saturated carbocycles. The second-order valence-corrected chi connectivity index (χ2v) is 5.96. The lowest BCUT2D eigenvalue weighted by Crippen LogP contribution is -2.26. The van der Waals surface area contributed by atoms with Crippen molar-refractivity contribution in [1.29, 1.82) is 0 Å². The van der Waals surface area contributed by atoms with Crippen LogP contribution in [0.3, 0.4) is 0 Å². The van der Waals surface area contributed by atoms with Gasteiger partial charge in [0.25, 0.3) is 0 Å². The Morgan fingerprint density at radius 3 is 2.68 bits per heavy atom. The van der Waals surface area contributed by atoms with Crippen molar-refractivity contribution < 1.29 is 4.74 Å². The molecule has 0 amide bonds. The Kier molecular flexibility index (Phi) is 5.28. The maximum Gasteiger partial charge on any atom is 0.0771 e. The molecule has 2 rings (SSSR count). The fourth-order valence-electron chi connectivity index (χ4n) is 2.95. The quantitative estimate of drug-likeness (QED) is 0.767. The molecule has 0 aliphatic carbocycles. The largest absolute Gasteiger partial charge is 0.376 e. The van der Waals surface area contributed by atoms with E-state index in [2.05, 4.69) is 18.5 Å². The van der Waals surface area contributed by atoms with Crippen LogP contribution in [0.25, 0.3) is 0 Å². The van der Waals surface area contributed by atoms with Crippen LogP contribution in [0.2, 0.25) is 0 Å². The smallest absolute Gasteiger partial charge is 0.0771 e. The molecule has 0 aromatic carbocycles. The molecule has 1 fully saturated rings. The van der Waals surface area contributed by atoms with Gasteiger partial charge in [-0.2, -0.15) is 5.10 Å². The summed E-state index contributed by atoms with van der Waals surface area (Å²) in [6.45, 7) is 8.13. The van der Waals surface area contributed by atoms with Crippen LogP contribution in [0, 0.1) is 0 Å². The van der Waals surface area contributed by atoms with E-state index < -0.39 is 0 Å². The van der Waals surface area contributed by atoms with Gasteiger partial charge < -0.3 is 4.74 Å². The molecule has 0 spiro atoms. The van der Waals surface area contributed by atoms with Crippen LogP contribution in [0.15, 0.2) is 0 Å². The van der Waals surface area contributed by atoms with Crippen molar-refractivity contribution in [3.8, 4) is 0 Å². The molecule has 1 aliphatic heterocycles. The predicted molar refractivity (Wildman–Crippen MR) is 78.8 cm³/mol. The lowest BCUT2D eigenvalue weighted by molar-refractivity contribution is 0.00348. The van der Waals surface area contributed by atoms with Gasteiger partial charge in [0, 0.05) is 17.9 Å². The summed E-state index contributed by atoms with van der Waals surface area (Å²) in [6.07, 6.45) is 5.86. The number of nitrogens with zero attached hydrogens (tertiary/aromatic N) is 2. The van der Waals surface area contributed by atoms with Gasteiger partial charge >= 0.3 is 0 Å². The van der Waals surface area contributed by atoms with E-state index in [0.717, 1.165) is 38.1 Å². The third kappa shape index (κ3) is 3.32. The fourth-order valence-corrected chi connectivity index (χ4v) is 3.21. The summed E-state index contributed by atoms with van der Waals surface area (Å²) in [5, 5.41) is 4.80. The average Bonchev–Trinajstić information content (AvgIpc) is 2.77. The van der Waals surface area contributed by atoms with E-state index in [-0.39, 0.29) is 5.38 Å². The van der Waals surface area contributed by atoms with E-state index >= 15 is 0 Å². The Balaban J connectivity index is 2.23. The number of hydrogen-bond donors (Lipinski definition) is 0. The summed E-state index contributed by atoms with van der Waals surface area (Å²) in [7, 11) is 0. The minimum absolute atomic E-state index is 0.0333. The van der Waals surface area contributed by atoms with Gasteiger partial charge in [-0.3, -0.25) is 4.68 Å². The number of halogens is 1. The van der Waals surface area contributed by atoms with Crippen molar-refractivity contribution in [3.63, 3.8) is 0 Å². The van der Waals surface area contributed by atoms with Gasteiger partial charge in [0.2, 0.25) is 0 Å². The molecule has 2 atom stereocenters. The molecule has 1 aliphatic rings. The number of aryl methyl sites for hydroxylation is 1. The van der Waals surface area contributed by atoms with Gasteiger partial charge in [0.1, 0.15) is 0 Å². The first-order valence-corrected chi connectivity index (χ1v) is 7.95. The summed E-state index contributed by atoms with van der Waals surface area (Å²) in [5.74, 6) is 0. The molecule has 108 valence electrons. The summed E-state index contributed by atoms with van der Waals surface area (Å²) < 4.78 is 7.97. The number of ether oxygens (including phenoxy) is 1. The van der Waals surface area contributed by atoms with Crippen LogP contribution in [-0.4, -0.2) is 22.5 Å². The zero-order valence-corrected chi connectivity index (χ0v) is 13.0. The molecule has 19 heavy (non-hydrogen) atoms. The zero-order valence-electron chi connectivity index (χ0n) is 12.3. The standard InChI is InChI=1S/C15H25ClN2O/c1-4-13-15(11(3)16)14(5-2)18(17-13)10-12-8-6-7-9-19-12/h11-12H,4-10H2,1-3H3. The number of hydrogen-bond acceptors (Lipinski definition) is 2. The molecule has 0 N–H and O–H groups in total. The Morgan fingerprint density at radius 2 is 2.16 bits per heavy atom. The SMILES string of the molecule is CCc1nn(CC2CCCCO2)c(CC)c1C(C)Cl. The van der Waals surface area contributed by atoms with Gasteiger partial charge in [0.15, 0.2) is 0 Å². The predicted octanol–water partition coefficient (Wildman–Crippen LogP) is 3.88. The Labute approximate surface area is 121 Å². The average molecular weight is 285 g/mol. The Bertz CT molecular complexity index is 409. The van der Waals surface area contributed by atoms with E-state index in [1.807, 2.05) is 6.92 Å². The van der Waals surface area contributed by atoms with E-state index in [0.29, 0.717) is 6.10 Å². The monoisotopic (exact) mass is 284 g/mol. The molecule has 1 saturated heterocycles. The van der Waals surface area contributed by atoms with Crippen LogP contribution < -0.4 is 0 Å². The van der Waals surface area contributed by atoms with Gasteiger partial charge in [-0.05, 0) is 39.0 Å². The van der Waals surface area contributed by atoms with Crippen LogP contribution >= 0.6 is 11.6 Å². The van der Waals surface area contributed by atoms with Crippen molar-refractivity contribution >= 4 is 11.6 Å². The second kappa shape index (κ2) is 6.76. The second-order valence-electron chi connectivity index (χ2n) is 5.30. The highest BCUT2D eigenvalue weighted by molar-refractivity contribution is 6.20. The molecular weight excluding hydrogens is 260 g/mol. The third-order valence-electron chi connectivity index (χ3n) is 3.89.